The second-order valence-corrected chi connectivity index (χ2v) is 9.39. The Bertz CT molecular complexity index is 801. The van der Waals surface area contributed by atoms with E-state index in [-0.39, 0.29) is 22.9 Å². The molecule has 2 aromatic carbocycles. The average Bonchev–Trinajstić information content (AvgIpc) is 2.79. The number of benzene rings is 2. The molecule has 4 saturated heterocycles. The third-order valence-electron chi connectivity index (χ3n) is 8.70. The molecule has 8 atom stereocenters. The Morgan fingerprint density at radius 1 is 0.679 bits per heavy atom. The van der Waals surface area contributed by atoms with Crippen molar-refractivity contribution in [3.8, 4) is 0 Å². The zero-order valence-electron chi connectivity index (χ0n) is 16.0. The van der Waals surface area contributed by atoms with Gasteiger partial charge in [-0.3, -0.25) is 0 Å². The molecule has 28 heavy (non-hydrogen) atoms. The van der Waals surface area contributed by atoms with Gasteiger partial charge in [0.05, 0.1) is 12.2 Å². The van der Waals surface area contributed by atoms with Gasteiger partial charge in [-0.1, -0.05) is 60.7 Å². The van der Waals surface area contributed by atoms with Crippen molar-refractivity contribution < 1.29 is 10.2 Å². The Hall–Kier alpha value is -1.72. The predicted octanol–water partition coefficient (Wildman–Crippen LogP) is 2.41. The Morgan fingerprint density at radius 2 is 1.07 bits per heavy atom. The normalized spacial score (nSPS) is 42.5. The molecule has 0 spiro atoms. The van der Waals surface area contributed by atoms with Crippen molar-refractivity contribution in [1.29, 1.82) is 0 Å². The van der Waals surface area contributed by atoms with E-state index in [1.165, 1.54) is 0 Å². The molecule has 4 nitrogen and oxygen atoms in total. The molecule has 3 aliphatic carbocycles. The van der Waals surface area contributed by atoms with Crippen LogP contribution in [-0.4, -0.2) is 35.4 Å². The van der Waals surface area contributed by atoms with E-state index >= 15 is 0 Å². The van der Waals surface area contributed by atoms with Crippen LogP contribution in [0.3, 0.4) is 0 Å². The molecule has 4 aliphatic heterocycles. The summed E-state index contributed by atoms with van der Waals surface area (Å²) in [4.78, 5) is 0. The van der Waals surface area contributed by atoms with Crippen LogP contribution in [0.2, 0.25) is 0 Å². The van der Waals surface area contributed by atoms with Gasteiger partial charge in [0.25, 0.3) is 0 Å². The minimum Gasteiger partial charge on any atom is -0.388 e. The first kappa shape index (κ1) is 17.2. The standard InChI is InChI=1S/C24H28N2O2/c27-21(15-7-3-1-4-8-15)23-11-20-24(22(28)16-9-5-2-6-10-16)12-19(23)25-14-18(24)17(23)13-26-20/h1-10,17-22,25-28H,11-14H2/t17-,18+,19-,20+,21-,22-,23-,24+/m1/s1. The fourth-order valence-corrected chi connectivity index (χ4v) is 7.57. The highest BCUT2D eigenvalue weighted by Gasteiger charge is 2.75. The van der Waals surface area contributed by atoms with Gasteiger partial charge in [0.1, 0.15) is 0 Å². The van der Waals surface area contributed by atoms with Gasteiger partial charge in [0.2, 0.25) is 0 Å². The Kier molecular flexibility index (Phi) is 3.61. The molecule has 0 aromatic heterocycles. The lowest BCUT2D eigenvalue weighted by molar-refractivity contribution is -0.280. The molecule has 0 radical (unpaired) electrons. The van der Waals surface area contributed by atoms with E-state index in [0.717, 1.165) is 37.1 Å². The lowest BCUT2D eigenvalue weighted by Gasteiger charge is -2.77. The number of aliphatic hydroxyl groups is 2. The minimum atomic E-state index is -0.462. The number of piperidine rings is 4. The van der Waals surface area contributed by atoms with Gasteiger partial charge >= 0.3 is 0 Å². The van der Waals surface area contributed by atoms with E-state index in [4.69, 9.17) is 0 Å². The van der Waals surface area contributed by atoms with Crippen molar-refractivity contribution in [2.24, 2.45) is 22.7 Å². The second-order valence-electron chi connectivity index (χ2n) is 9.39. The van der Waals surface area contributed by atoms with Crippen molar-refractivity contribution in [1.82, 2.24) is 10.6 Å². The van der Waals surface area contributed by atoms with Crippen LogP contribution in [0.25, 0.3) is 0 Å². The third kappa shape index (κ3) is 1.94. The van der Waals surface area contributed by atoms with Gasteiger partial charge in [0.15, 0.2) is 0 Å². The molecule has 7 aliphatic rings. The molecular weight excluding hydrogens is 348 g/mol. The zero-order valence-corrected chi connectivity index (χ0v) is 16.0. The van der Waals surface area contributed by atoms with Gasteiger partial charge in [-0.2, -0.15) is 0 Å². The quantitative estimate of drug-likeness (QED) is 0.662. The van der Waals surface area contributed by atoms with Crippen LogP contribution in [0.1, 0.15) is 36.2 Å². The lowest BCUT2D eigenvalue weighted by Crippen LogP contribution is -2.84. The van der Waals surface area contributed by atoms with E-state index in [2.05, 4.69) is 34.9 Å². The largest absolute Gasteiger partial charge is 0.388 e. The number of aliphatic hydroxyl groups excluding tert-OH is 2. The maximum absolute atomic E-state index is 11.6. The highest BCUT2D eigenvalue weighted by molar-refractivity contribution is 5.34. The fraction of sp³-hybridized carbons (Fsp3) is 0.500. The summed E-state index contributed by atoms with van der Waals surface area (Å²) in [6, 6.07) is 20.8. The van der Waals surface area contributed by atoms with Crippen LogP contribution in [0.15, 0.2) is 60.7 Å². The van der Waals surface area contributed by atoms with E-state index in [1.54, 1.807) is 0 Å². The van der Waals surface area contributed by atoms with E-state index in [0.29, 0.717) is 11.8 Å². The molecule has 4 heterocycles. The molecule has 3 saturated carbocycles. The minimum absolute atomic E-state index is 0.141. The summed E-state index contributed by atoms with van der Waals surface area (Å²) in [7, 11) is 0. The monoisotopic (exact) mass is 376 g/mol. The van der Waals surface area contributed by atoms with Crippen LogP contribution in [0.4, 0.5) is 0 Å². The van der Waals surface area contributed by atoms with E-state index < -0.39 is 12.2 Å². The summed E-state index contributed by atoms with van der Waals surface area (Å²) < 4.78 is 0. The van der Waals surface area contributed by atoms with Gasteiger partial charge in [-0.05, 0) is 48.9 Å². The first-order chi connectivity index (χ1) is 13.7. The molecule has 4 heteroatoms. The first-order valence-corrected chi connectivity index (χ1v) is 10.6. The number of rotatable bonds is 4. The van der Waals surface area contributed by atoms with Crippen LogP contribution in [-0.2, 0) is 0 Å². The van der Waals surface area contributed by atoms with Crippen LogP contribution >= 0.6 is 0 Å². The summed E-state index contributed by atoms with van der Waals surface area (Å²) in [6.07, 6.45) is 0.920. The maximum atomic E-state index is 11.6. The molecule has 4 N–H and O–H groups in total. The molecule has 0 unspecified atom stereocenters. The van der Waals surface area contributed by atoms with Crippen molar-refractivity contribution in [2.45, 2.75) is 37.1 Å². The first-order valence-electron chi connectivity index (χ1n) is 10.6. The molecule has 2 aromatic rings. The SMILES string of the molecule is O[C@H](c1ccccc1)[C@@]12C[C@H]3NC[C@H]1[C@H]1CN[C@H]2C[C@@]13[C@H](O)c1ccccc1. The third-order valence-corrected chi connectivity index (χ3v) is 8.70. The maximum Gasteiger partial charge on any atom is 0.0864 e. The average molecular weight is 377 g/mol. The number of hydrogen-bond donors (Lipinski definition) is 4. The van der Waals surface area contributed by atoms with Crippen molar-refractivity contribution in [3.05, 3.63) is 71.8 Å². The van der Waals surface area contributed by atoms with Gasteiger partial charge < -0.3 is 20.8 Å². The Labute approximate surface area is 166 Å². The Balaban J connectivity index is 1.44. The van der Waals surface area contributed by atoms with Crippen molar-refractivity contribution in [2.75, 3.05) is 13.1 Å². The van der Waals surface area contributed by atoms with Crippen molar-refractivity contribution in [3.63, 3.8) is 0 Å². The van der Waals surface area contributed by atoms with E-state index in [1.807, 2.05) is 36.4 Å². The summed E-state index contributed by atoms with van der Waals surface area (Å²) in [5.74, 6) is 0.761. The van der Waals surface area contributed by atoms with Crippen LogP contribution < -0.4 is 10.6 Å². The van der Waals surface area contributed by atoms with Gasteiger partial charge in [-0.25, -0.2) is 0 Å². The number of fused-ring (bicyclic) bond motifs is 2. The summed E-state index contributed by atoms with van der Waals surface area (Å²) >= 11 is 0. The van der Waals surface area contributed by atoms with Crippen molar-refractivity contribution >= 4 is 0 Å². The summed E-state index contributed by atoms with van der Waals surface area (Å²) in [6.45, 7) is 1.89. The molecule has 6 bridgehead atoms. The lowest BCUT2D eigenvalue weighted by atomic mass is 9.34. The smallest absolute Gasteiger partial charge is 0.0864 e. The predicted molar refractivity (Wildman–Crippen MR) is 107 cm³/mol. The highest BCUT2D eigenvalue weighted by Crippen LogP contribution is 2.72. The van der Waals surface area contributed by atoms with Crippen LogP contribution in [0.5, 0.6) is 0 Å². The van der Waals surface area contributed by atoms with Crippen LogP contribution in [0, 0.1) is 22.7 Å². The molecular formula is C24H28N2O2. The molecule has 146 valence electrons. The topological polar surface area (TPSA) is 64.5 Å². The summed E-state index contributed by atoms with van der Waals surface area (Å²) in [5, 5.41) is 30.7. The zero-order chi connectivity index (χ0) is 18.9. The second kappa shape index (κ2) is 5.90. The van der Waals surface area contributed by atoms with Gasteiger partial charge in [0, 0.05) is 22.9 Å². The number of nitrogens with one attached hydrogen (secondary N) is 2. The molecule has 7 fully saturated rings. The molecule has 0 amide bonds. The fourth-order valence-electron chi connectivity index (χ4n) is 7.57. The number of hydrogen-bond acceptors (Lipinski definition) is 4. The molecule has 9 rings (SSSR count). The summed E-state index contributed by atoms with van der Waals surface area (Å²) in [5.41, 5.74) is 1.77. The Morgan fingerprint density at radius 3 is 1.46 bits per heavy atom. The highest BCUT2D eigenvalue weighted by atomic mass is 16.3. The van der Waals surface area contributed by atoms with E-state index in [9.17, 15) is 10.2 Å². The van der Waals surface area contributed by atoms with Gasteiger partial charge in [-0.15, -0.1) is 0 Å².